The van der Waals surface area contributed by atoms with Gasteiger partial charge in [0.2, 0.25) is 6.10 Å². The molecule has 24 heavy (non-hydrogen) atoms. The largest absolute Gasteiger partial charge is 0.444 e. The second-order valence-corrected chi connectivity index (χ2v) is 5.70. The molecule has 0 aliphatic carbocycles. The molecule has 1 amide bonds. The van der Waals surface area contributed by atoms with Crippen LogP contribution in [0.3, 0.4) is 0 Å². The normalized spacial score (nSPS) is 12.0. The Morgan fingerprint density at radius 2 is 1.62 bits per heavy atom. The first-order valence-electron chi connectivity index (χ1n) is 7.69. The number of carbonyl (C=O) groups is 2. The number of ether oxygens (including phenoxy) is 1. The third-order valence-corrected chi connectivity index (χ3v) is 3.49. The Balaban J connectivity index is 2.12. The van der Waals surface area contributed by atoms with Crippen molar-refractivity contribution in [3.63, 3.8) is 0 Å². The minimum Gasteiger partial charge on any atom is -0.444 e. The van der Waals surface area contributed by atoms with Gasteiger partial charge in [-0.15, -0.1) is 0 Å². The van der Waals surface area contributed by atoms with Crippen molar-refractivity contribution in [3.05, 3.63) is 77.4 Å². The maximum atomic E-state index is 12.3. The minimum absolute atomic E-state index is 0.279. The molecule has 4 nitrogen and oxygen atoms in total. The van der Waals surface area contributed by atoms with Crippen molar-refractivity contribution in [2.24, 2.45) is 0 Å². The molecule has 2 aromatic rings. The van der Waals surface area contributed by atoms with Gasteiger partial charge in [-0.3, -0.25) is 4.79 Å². The van der Waals surface area contributed by atoms with Gasteiger partial charge in [0.15, 0.2) is 0 Å². The van der Waals surface area contributed by atoms with Crippen LogP contribution in [0.5, 0.6) is 0 Å². The molecule has 124 valence electrons. The molecule has 0 radical (unpaired) electrons. The summed E-state index contributed by atoms with van der Waals surface area (Å²) in [7, 11) is 3.27. The Bertz CT molecular complexity index is 718. The second kappa shape index (κ2) is 8.11. The van der Waals surface area contributed by atoms with Gasteiger partial charge in [0.1, 0.15) is 0 Å². The molecule has 0 aliphatic rings. The van der Waals surface area contributed by atoms with Crippen LogP contribution >= 0.6 is 0 Å². The van der Waals surface area contributed by atoms with Crippen LogP contribution in [0.25, 0.3) is 6.08 Å². The summed E-state index contributed by atoms with van der Waals surface area (Å²) in [5, 5.41) is 0. The molecular formula is C20H21NO3. The van der Waals surface area contributed by atoms with Crippen LogP contribution in [0.2, 0.25) is 0 Å². The molecule has 0 aliphatic heterocycles. The van der Waals surface area contributed by atoms with E-state index < -0.39 is 12.1 Å². The highest BCUT2D eigenvalue weighted by Gasteiger charge is 2.25. The van der Waals surface area contributed by atoms with Gasteiger partial charge in [-0.1, -0.05) is 60.2 Å². The first kappa shape index (κ1) is 17.5. The van der Waals surface area contributed by atoms with E-state index in [0.29, 0.717) is 5.56 Å². The standard InChI is InChI=1S/C20H21NO3/c1-15-9-11-16(12-10-15)13-14-18(22)24-19(20(23)21(2)3)17-7-5-4-6-8-17/h4-14,19H,1-3H3/b14-13+. The lowest BCUT2D eigenvalue weighted by atomic mass is 10.1. The Hall–Kier alpha value is -2.88. The maximum Gasteiger partial charge on any atom is 0.331 e. The molecule has 1 atom stereocenters. The Labute approximate surface area is 142 Å². The smallest absolute Gasteiger partial charge is 0.331 e. The third-order valence-electron chi connectivity index (χ3n) is 3.49. The summed E-state index contributed by atoms with van der Waals surface area (Å²) in [5.41, 5.74) is 2.69. The Morgan fingerprint density at radius 1 is 1.00 bits per heavy atom. The van der Waals surface area contributed by atoms with Crippen LogP contribution in [-0.2, 0) is 14.3 Å². The molecule has 1 unspecified atom stereocenters. The summed E-state index contributed by atoms with van der Waals surface area (Å²) < 4.78 is 5.39. The van der Waals surface area contributed by atoms with Gasteiger partial charge in [-0.25, -0.2) is 4.79 Å². The molecule has 0 saturated carbocycles. The summed E-state index contributed by atoms with van der Waals surface area (Å²) in [5.74, 6) is -0.835. The van der Waals surface area contributed by atoms with E-state index in [9.17, 15) is 9.59 Å². The SMILES string of the molecule is Cc1ccc(/C=C/C(=O)OC(C(=O)N(C)C)c2ccccc2)cc1. The molecule has 4 heteroatoms. The number of rotatable bonds is 5. The van der Waals surface area contributed by atoms with E-state index in [-0.39, 0.29) is 5.91 Å². The molecule has 2 rings (SSSR count). The van der Waals surface area contributed by atoms with E-state index in [1.54, 1.807) is 44.4 Å². The van der Waals surface area contributed by atoms with Crippen molar-refractivity contribution >= 4 is 18.0 Å². The van der Waals surface area contributed by atoms with Gasteiger partial charge in [-0.2, -0.15) is 0 Å². The lowest BCUT2D eigenvalue weighted by molar-refractivity contribution is -0.155. The second-order valence-electron chi connectivity index (χ2n) is 5.70. The van der Waals surface area contributed by atoms with Gasteiger partial charge >= 0.3 is 5.97 Å². The average Bonchev–Trinajstić information content (AvgIpc) is 2.59. The number of esters is 1. The maximum absolute atomic E-state index is 12.3. The van der Waals surface area contributed by atoms with E-state index >= 15 is 0 Å². The lowest BCUT2D eigenvalue weighted by Crippen LogP contribution is -2.30. The molecule has 0 aromatic heterocycles. The average molecular weight is 323 g/mol. The number of hydrogen-bond donors (Lipinski definition) is 0. The topological polar surface area (TPSA) is 46.6 Å². The molecule has 0 saturated heterocycles. The van der Waals surface area contributed by atoms with E-state index in [4.69, 9.17) is 4.74 Å². The van der Waals surface area contributed by atoms with Gasteiger partial charge in [0.05, 0.1) is 0 Å². The van der Waals surface area contributed by atoms with Crippen LogP contribution in [0.1, 0.15) is 22.8 Å². The third kappa shape index (κ3) is 4.81. The van der Waals surface area contributed by atoms with Crippen LogP contribution in [0.4, 0.5) is 0 Å². The number of aryl methyl sites for hydroxylation is 1. The van der Waals surface area contributed by atoms with Gasteiger partial charge in [0, 0.05) is 25.7 Å². The fraction of sp³-hybridized carbons (Fsp3) is 0.200. The highest BCUT2D eigenvalue weighted by atomic mass is 16.5. The van der Waals surface area contributed by atoms with Gasteiger partial charge < -0.3 is 9.64 Å². The number of amides is 1. The van der Waals surface area contributed by atoms with Crippen molar-refractivity contribution in [2.45, 2.75) is 13.0 Å². The van der Waals surface area contributed by atoms with Crippen LogP contribution in [-0.4, -0.2) is 30.9 Å². The summed E-state index contributed by atoms with van der Waals surface area (Å²) in [4.78, 5) is 25.8. The summed E-state index contributed by atoms with van der Waals surface area (Å²) in [6.45, 7) is 2.00. The van der Waals surface area contributed by atoms with Crippen molar-refractivity contribution in [3.8, 4) is 0 Å². The zero-order chi connectivity index (χ0) is 17.5. The Kier molecular flexibility index (Phi) is 5.90. The number of likely N-dealkylation sites (N-methyl/N-ethyl adjacent to an activating group) is 1. The van der Waals surface area contributed by atoms with Crippen LogP contribution < -0.4 is 0 Å². The van der Waals surface area contributed by atoms with Crippen LogP contribution in [0.15, 0.2) is 60.7 Å². The quantitative estimate of drug-likeness (QED) is 0.626. The summed E-state index contributed by atoms with van der Waals surface area (Å²) in [6, 6.07) is 16.8. The van der Waals surface area contributed by atoms with Crippen LogP contribution in [0, 0.1) is 6.92 Å². The predicted octanol–water partition coefficient (Wildman–Crippen LogP) is 3.38. The van der Waals surface area contributed by atoms with E-state index in [2.05, 4.69) is 0 Å². The molecule has 0 fully saturated rings. The first-order chi connectivity index (χ1) is 11.5. The number of benzene rings is 2. The van der Waals surface area contributed by atoms with Crippen molar-refractivity contribution in [2.75, 3.05) is 14.1 Å². The van der Waals surface area contributed by atoms with Crippen molar-refractivity contribution < 1.29 is 14.3 Å². The highest BCUT2D eigenvalue weighted by molar-refractivity contribution is 5.90. The van der Waals surface area contributed by atoms with Gasteiger partial charge in [0.25, 0.3) is 5.91 Å². The summed E-state index contributed by atoms with van der Waals surface area (Å²) in [6.07, 6.45) is 2.06. The molecule has 0 spiro atoms. The molecule has 0 N–H and O–H groups in total. The number of hydrogen-bond acceptors (Lipinski definition) is 3. The summed E-state index contributed by atoms with van der Waals surface area (Å²) >= 11 is 0. The monoisotopic (exact) mass is 323 g/mol. The van der Waals surface area contributed by atoms with E-state index in [0.717, 1.165) is 11.1 Å². The fourth-order valence-corrected chi connectivity index (χ4v) is 2.12. The molecule has 0 heterocycles. The number of nitrogens with zero attached hydrogens (tertiary/aromatic N) is 1. The molecule has 0 bridgehead atoms. The number of carbonyl (C=O) groups excluding carboxylic acids is 2. The Morgan fingerprint density at radius 3 is 2.21 bits per heavy atom. The van der Waals surface area contributed by atoms with Crippen molar-refractivity contribution in [1.29, 1.82) is 0 Å². The molecular weight excluding hydrogens is 302 g/mol. The van der Waals surface area contributed by atoms with Crippen molar-refractivity contribution in [1.82, 2.24) is 4.90 Å². The van der Waals surface area contributed by atoms with E-state index in [1.165, 1.54) is 11.0 Å². The minimum atomic E-state index is -0.948. The highest BCUT2D eigenvalue weighted by Crippen LogP contribution is 2.20. The molecule has 2 aromatic carbocycles. The predicted molar refractivity (Wildman–Crippen MR) is 94.2 cm³/mol. The first-order valence-corrected chi connectivity index (χ1v) is 7.69. The van der Waals surface area contributed by atoms with Gasteiger partial charge in [-0.05, 0) is 18.6 Å². The van der Waals surface area contributed by atoms with E-state index in [1.807, 2.05) is 37.3 Å². The zero-order valence-electron chi connectivity index (χ0n) is 14.1. The zero-order valence-corrected chi connectivity index (χ0v) is 14.1. The lowest BCUT2D eigenvalue weighted by Gasteiger charge is -2.20. The fourth-order valence-electron chi connectivity index (χ4n) is 2.12.